The lowest BCUT2D eigenvalue weighted by Gasteiger charge is -2.36. The number of benzene rings is 9. The molecule has 9 aromatic carbocycles. The van der Waals surface area contributed by atoms with Gasteiger partial charge in [0.2, 0.25) is 0 Å². The Bertz CT molecular complexity index is 3360. The first-order chi connectivity index (χ1) is 31.4. The zero-order valence-electron chi connectivity index (χ0n) is 36.6. The first-order valence-corrected chi connectivity index (χ1v) is 20.4. The molecule has 0 saturated carbocycles. The van der Waals surface area contributed by atoms with Crippen LogP contribution in [0.5, 0.6) is 0 Å². The summed E-state index contributed by atoms with van der Waals surface area (Å²) >= 11 is 0. The average molecular weight is 770 g/mol. The molecule has 60 heavy (non-hydrogen) atoms. The van der Waals surface area contributed by atoms with E-state index in [4.69, 9.17) is 7.16 Å². The number of anilines is 3. The van der Waals surface area contributed by atoms with Gasteiger partial charge < -0.3 is 9.32 Å². The summed E-state index contributed by atoms with van der Waals surface area (Å²) in [5.41, 5.74) is 13.5. The van der Waals surface area contributed by atoms with Crippen molar-refractivity contribution < 1.29 is 9.90 Å². The normalized spacial score (nSPS) is 14.9. The Morgan fingerprint density at radius 2 is 0.817 bits per heavy atom. The minimum atomic E-state index is -1.08. The number of hydrogen-bond donors (Lipinski definition) is 0. The second kappa shape index (κ2) is 13.4. The summed E-state index contributed by atoms with van der Waals surface area (Å²) in [5.74, 6) is 0. The van der Waals surface area contributed by atoms with Crippen LogP contribution >= 0.6 is 0 Å². The maximum absolute atomic E-state index is 9.61. The van der Waals surface area contributed by atoms with Crippen molar-refractivity contribution in [3.05, 3.63) is 281 Å². The number of nitrogens with zero attached hydrogens (tertiary/aromatic N) is 1. The van der Waals surface area contributed by atoms with Gasteiger partial charge in [-0.25, -0.2) is 0 Å². The summed E-state index contributed by atoms with van der Waals surface area (Å²) in [5, 5.41) is 1.00. The molecule has 2 aliphatic rings. The molecule has 0 saturated heterocycles. The van der Waals surface area contributed by atoms with Gasteiger partial charge in [-0.15, -0.1) is 0 Å². The molecule has 0 unspecified atom stereocenters. The van der Waals surface area contributed by atoms with Crippen LogP contribution in [0.3, 0.4) is 0 Å². The van der Waals surface area contributed by atoms with Gasteiger partial charge in [-0.2, -0.15) is 0 Å². The molecular formula is C58H39NO. The molecule has 12 rings (SSSR count). The van der Waals surface area contributed by atoms with Gasteiger partial charge in [-0.3, -0.25) is 0 Å². The second-order valence-corrected chi connectivity index (χ2v) is 15.7. The zero-order valence-corrected chi connectivity index (χ0v) is 32.6. The van der Waals surface area contributed by atoms with Crippen molar-refractivity contribution in [2.45, 2.75) is 10.8 Å². The fraction of sp³-hybridized carbons (Fsp3) is 0.0345. The molecule has 10 aromatic rings. The highest BCUT2D eigenvalue weighted by Crippen LogP contribution is 2.59. The molecule has 0 amide bonds. The van der Waals surface area contributed by atoms with Crippen LogP contribution in [0.15, 0.2) is 241 Å². The molecule has 0 radical (unpaired) electrons. The summed E-state index contributed by atoms with van der Waals surface area (Å²) in [6.45, 7) is 0. The van der Waals surface area contributed by atoms with E-state index in [0.717, 1.165) is 50.3 Å². The Morgan fingerprint density at radius 1 is 0.367 bits per heavy atom. The highest BCUT2D eigenvalue weighted by Gasteiger charge is 2.48. The SMILES string of the molecule is [2H]c1c([2H])c([2H])c2c(c1[2H])-c1ccc(N(c3ccc4c(c3)C(c3ccccc3)(c3ccccc3)c3ccccc3-4)c3ccc4ccoc4c3)cc1C2(c1ccccc1)c1ccccc1. The topological polar surface area (TPSA) is 16.4 Å². The van der Waals surface area contributed by atoms with E-state index in [-0.39, 0.29) is 24.2 Å². The van der Waals surface area contributed by atoms with E-state index in [0.29, 0.717) is 11.1 Å². The van der Waals surface area contributed by atoms with Crippen LogP contribution in [0, 0.1) is 0 Å². The zero-order chi connectivity index (χ0) is 43.2. The average Bonchev–Trinajstić information content (AvgIpc) is 4.04. The molecule has 1 heterocycles. The molecule has 2 heteroatoms. The van der Waals surface area contributed by atoms with Crippen molar-refractivity contribution in [3.8, 4) is 22.3 Å². The van der Waals surface area contributed by atoms with Gasteiger partial charge in [-0.1, -0.05) is 182 Å². The maximum Gasteiger partial charge on any atom is 0.135 e. The molecule has 0 atom stereocenters. The molecular weight excluding hydrogens is 727 g/mol. The Labute approximate surface area is 355 Å². The highest BCUT2D eigenvalue weighted by molar-refractivity contribution is 5.93. The van der Waals surface area contributed by atoms with Crippen molar-refractivity contribution >= 4 is 28.0 Å². The first-order valence-electron chi connectivity index (χ1n) is 22.4. The summed E-state index contributed by atoms with van der Waals surface area (Å²) in [6, 6.07) is 71.6. The molecule has 0 aliphatic heterocycles. The molecule has 0 fully saturated rings. The van der Waals surface area contributed by atoms with Crippen molar-refractivity contribution in [1.82, 2.24) is 0 Å². The van der Waals surface area contributed by atoms with Gasteiger partial charge in [0.05, 0.1) is 22.6 Å². The lowest BCUT2D eigenvalue weighted by molar-refractivity contribution is 0.616. The lowest BCUT2D eigenvalue weighted by Crippen LogP contribution is -2.29. The fourth-order valence-corrected chi connectivity index (χ4v) is 10.4. The van der Waals surface area contributed by atoms with Gasteiger partial charge in [0.1, 0.15) is 5.58 Å². The number of furan rings is 1. The summed E-state index contributed by atoms with van der Waals surface area (Å²) < 4.78 is 42.9. The first kappa shape index (κ1) is 30.4. The third-order valence-electron chi connectivity index (χ3n) is 12.8. The van der Waals surface area contributed by atoms with Crippen LogP contribution in [-0.2, 0) is 10.8 Å². The lowest BCUT2D eigenvalue weighted by atomic mass is 9.67. The second-order valence-electron chi connectivity index (χ2n) is 15.7. The van der Waals surface area contributed by atoms with Crippen LogP contribution in [0.1, 0.15) is 50.0 Å². The Hall–Kier alpha value is -7.68. The molecule has 2 aliphatic carbocycles. The fourth-order valence-electron chi connectivity index (χ4n) is 10.4. The van der Waals surface area contributed by atoms with Gasteiger partial charge >= 0.3 is 0 Å². The van der Waals surface area contributed by atoms with Gasteiger partial charge in [-0.05, 0) is 109 Å². The maximum atomic E-state index is 9.61. The highest BCUT2D eigenvalue weighted by atomic mass is 16.3. The number of hydrogen-bond acceptors (Lipinski definition) is 2. The molecule has 282 valence electrons. The predicted molar refractivity (Wildman–Crippen MR) is 246 cm³/mol. The summed E-state index contributed by atoms with van der Waals surface area (Å²) in [6.07, 6.45) is 1.72. The Kier molecular flexibility index (Phi) is 6.81. The van der Waals surface area contributed by atoms with Crippen molar-refractivity contribution in [1.29, 1.82) is 0 Å². The van der Waals surface area contributed by atoms with Gasteiger partial charge in [0.25, 0.3) is 0 Å². The quantitative estimate of drug-likeness (QED) is 0.161. The summed E-state index contributed by atoms with van der Waals surface area (Å²) in [4.78, 5) is 2.28. The van der Waals surface area contributed by atoms with Crippen molar-refractivity contribution in [3.63, 3.8) is 0 Å². The molecule has 1 aromatic heterocycles. The van der Waals surface area contributed by atoms with Crippen LogP contribution in [-0.4, -0.2) is 0 Å². The van der Waals surface area contributed by atoms with E-state index in [1.165, 1.54) is 33.4 Å². The Morgan fingerprint density at radius 3 is 1.40 bits per heavy atom. The van der Waals surface area contributed by atoms with Gasteiger partial charge in [0.15, 0.2) is 0 Å². The van der Waals surface area contributed by atoms with Gasteiger partial charge in [0, 0.05) is 28.5 Å². The monoisotopic (exact) mass is 769 g/mol. The Balaban J connectivity index is 1.17. The minimum absolute atomic E-state index is 0.0436. The minimum Gasteiger partial charge on any atom is -0.464 e. The van der Waals surface area contributed by atoms with Crippen LogP contribution in [0.4, 0.5) is 17.1 Å². The molecule has 0 spiro atoms. The van der Waals surface area contributed by atoms with E-state index in [2.05, 4.69) is 169 Å². The van der Waals surface area contributed by atoms with E-state index < -0.39 is 10.8 Å². The molecule has 2 nitrogen and oxygen atoms in total. The van der Waals surface area contributed by atoms with Crippen molar-refractivity contribution in [2.75, 3.05) is 4.90 Å². The van der Waals surface area contributed by atoms with E-state index in [9.17, 15) is 2.74 Å². The number of rotatable bonds is 7. The smallest absolute Gasteiger partial charge is 0.135 e. The van der Waals surface area contributed by atoms with Crippen LogP contribution in [0.2, 0.25) is 0 Å². The van der Waals surface area contributed by atoms with Crippen LogP contribution < -0.4 is 4.90 Å². The largest absolute Gasteiger partial charge is 0.464 e. The van der Waals surface area contributed by atoms with E-state index in [1.54, 1.807) is 6.26 Å². The standard InChI is InChI=1S/C58H39NO/c1-5-17-41(18-6-1)57(42-19-7-2-8-20-42)52-27-15-13-25-48(52)50-33-31-45(37-54(50)57)59(47-30-29-40-35-36-60-56(40)39-47)46-32-34-51-49-26-14-16-28-53(49)58(55(51)38-46,43-21-9-3-10-22-43)44-23-11-4-12-24-44/h1-39H/i13D,15D,25D,27D. The van der Waals surface area contributed by atoms with E-state index >= 15 is 0 Å². The number of fused-ring (bicyclic) bond motifs is 7. The third-order valence-corrected chi connectivity index (χ3v) is 12.8. The third kappa shape index (κ3) is 4.82. The molecule has 0 bridgehead atoms. The predicted octanol–water partition coefficient (Wildman–Crippen LogP) is 14.6. The summed E-state index contributed by atoms with van der Waals surface area (Å²) in [7, 11) is 0. The molecule has 0 N–H and O–H groups in total. The van der Waals surface area contributed by atoms with Crippen molar-refractivity contribution in [2.24, 2.45) is 0 Å². The van der Waals surface area contributed by atoms with E-state index in [1.807, 2.05) is 42.5 Å². The van der Waals surface area contributed by atoms with Crippen LogP contribution in [0.25, 0.3) is 33.2 Å².